The Balaban J connectivity index is 2.68. The van der Waals surface area contributed by atoms with Crippen LogP contribution in [0.4, 0.5) is 0 Å². The molecule has 1 aliphatic rings. The molecule has 0 heterocycles. The molecule has 0 amide bonds. The van der Waals surface area contributed by atoms with Gasteiger partial charge < -0.3 is 5.11 Å². The van der Waals surface area contributed by atoms with E-state index in [0.717, 1.165) is 6.42 Å². The SMILES string of the molecule is O=S(=O)(NCCO)C1=CC=CCC1. The van der Waals surface area contributed by atoms with Crippen LogP contribution in [0.2, 0.25) is 0 Å². The van der Waals surface area contributed by atoms with Crippen LogP contribution in [-0.4, -0.2) is 26.7 Å². The lowest BCUT2D eigenvalue weighted by atomic mass is 10.2. The van der Waals surface area contributed by atoms with Gasteiger partial charge in [0.05, 0.1) is 11.5 Å². The second-order valence-corrected chi connectivity index (χ2v) is 4.54. The van der Waals surface area contributed by atoms with E-state index in [1.807, 2.05) is 6.08 Å². The highest BCUT2D eigenvalue weighted by Gasteiger charge is 2.16. The predicted molar refractivity (Wildman–Crippen MR) is 50.5 cm³/mol. The van der Waals surface area contributed by atoms with Gasteiger partial charge in [0, 0.05) is 6.54 Å². The molecule has 0 radical (unpaired) electrons. The molecule has 2 N–H and O–H groups in total. The zero-order valence-electron chi connectivity index (χ0n) is 7.23. The number of sulfonamides is 1. The first-order valence-corrected chi connectivity index (χ1v) is 5.61. The number of rotatable bonds is 4. The fraction of sp³-hybridized carbons (Fsp3) is 0.500. The van der Waals surface area contributed by atoms with E-state index in [1.165, 1.54) is 0 Å². The topological polar surface area (TPSA) is 66.4 Å². The quantitative estimate of drug-likeness (QED) is 0.682. The third kappa shape index (κ3) is 2.95. The normalized spacial score (nSPS) is 17.2. The standard InChI is InChI=1S/C8H13NO3S/c10-7-6-9-13(11,12)8-4-2-1-3-5-8/h1-2,4,9-10H,3,5-7H2. The lowest BCUT2D eigenvalue weighted by molar-refractivity contribution is 0.301. The summed E-state index contributed by atoms with van der Waals surface area (Å²) < 4.78 is 25.1. The molecule has 0 aromatic heterocycles. The Kier molecular flexibility index (Phi) is 3.65. The van der Waals surface area contributed by atoms with Gasteiger partial charge in [-0.25, -0.2) is 13.1 Å². The van der Waals surface area contributed by atoms with Crippen molar-refractivity contribution in [1.82, 2.24) is 4.72 Å². The molecule has 13 heavy (non-hydrogen) atoms. The molecule has 0 aromatic carbocycles. The molecule has 0 spiro atoms. The number of aliphatic hydroxyl groups is 1. The maximum Gasteiger partial charge on any atom is 0.236 e. The van der Waals surface area contributed by atoms with Crippen molar-refractivity contribution >= 4 is 10.0 Å². The Morgan fingerprint density at radius 1 is 1.54 bits per heavy atom. The van der Waals surface area contributed by atoms with E-state index in [9.17, 15) is 8.42 Å². The fourth-order valence-corrected chi connectivity index (χ4v) is 2.27. The van der Waals surface area contributed by atoms with Crippen molar-refractivity contribution in [2.75, 3.05) is 13.2 Å². The van der Waals surface area contributed by atoms with Gasteiger partial charge in [-0.15, -0.1) is 0 Å². The molecule has 0 bridgehead atoms. The Morgan fingerprint density at radius 2 is 2.31 bits per heavy atom. The zero-order chi connectivity index (χ0) is 9.73. The van der Waals surface area contributed by atoms with Crippen molar-refractivity contribution in [2.45, 2.75) is 12.8 Å². The smallest absolute Gasteiger partial charge is 0.236 e. The van der Waals surface area contributed by atoms with Crippen LogP contribution in [0.15, 0.2) is 23.1 Å². The molecular weight excluding hydrogens is 190 g/mol. The van der Waals surface area contributed by atoms with Gasteiger partial charge in [0.1, 0.15) is 0 Å². The molecule has 0 aliphatic heterocycles. The van der Waals surface area contributed by atoms with Gasteiger partial charge >= 0.3 is 0 Å². The van der Waals surface area contributed by atoms with E-state index in [-0.39, 0.29) is 13.2 Å². The summed E-state index contributed by atoms with van der Waals surface area (Å²) in [5.74, 6) is 0. The van der Waals surface area contributed by atoms with Gasteiger partial charge in [0.15, 0.2) is 0 Å². The summed E-state index contributed by atoms with van der Waals surface area (Å²) in [5, 5.41) is 8.47. The van der Waals surface area contributed by atoms with E-state index < -0.39 is 10.0 Å². The van der Waals surface area contributed by atoms with Crippen molar-refractivity contribution < 1.29 is 13.5 Å². The van der Waals surface area contributed by atoms with Crippen LogP contribution in [0.1, 0.15) is 12.8 Å². The summed E-state index contributed by atoms with van der Waals surface area (Å²) in [7, 11) is -3.35. The van der Waals surface area contributed by atoms with Crippen molar-refractivity contribution in [3.05, 3.63) is 23.1 Å². The predicted octanol–water partition coefficient (Wildman–Crippen LogP) is 0.132. The van der Waals surface area contributed by atoms with Crippen molar-refractivity contribution in [3.63, 3.8) is 0 Å². The van der Waals surface area contributed by atoms with Gasteiger partial charge in [-0.3, -0.25) is 0 Å². The maximum atomic E-state index is 11.4. The van der Waals surface area contributed by atoms with Crippen LogP contribution in [-0.2, 0) is 10.0 Å². The maximum absolute atomic E-state index is 11.4. The fourth-order valence-electron chi connectivity index (χ4n) is 1.08. The first-order valence-electron chi connectivity index (χ1n) is 4.13. The van der Waals surface area contributed by atoms with Crippen LogP contribution in [0.3, 0.4) is 0 Å². The van der Waals surface area contributed by atoms with Gasteiger partial charge in [-0.2, -0.15) is 0 Å². The molecule has 5 heteroatoms. The van der Waals surface area contributed by atoms with Crippen molar-refractivity contribution in [3.8, 4) is 0 Å². The van der Waals surface area contributed by atoms with E-state index in [1.54, 1.807) is 12.2 Å². The van der Waals surface area contributed by atoms with Gasteiger partial charge in [-0.05, 0) is 18.9 Å². The van der Waals surface area contributed by atoms with Crippen LogP contribution < -0.4 is 4.72 Å². The molecule has 74 valence electrons. The molecular formula is C8H13NO3S. The first kappa shape index (κ1) is 10.4. The monoisotopic (exact) mass is 203 g/mol. The minimum Gasteiger partial charge on any atom is -0.395 e. The Bertz CT molecular complexity index is 316. The molecule has 0 aromatic rings. The number of hydrogen-bond acceptors (Lipinski definition) is 3. The lowest BCUT2D eigenvalue weighted by Crippen LogP contribution is -2.28. The highest BCUT2D eigenvalue weighted by molar-refractivity contribution is 7.93. The van der Waals surface area contributed by atoms with E-state index >= 15 is 0 Å². The number of hydrogen-bond donors (Lipinski definition) is 2. The molecule has 0 saturated carbocycles. The van der Waals surface area contributed by atoms with Crippen molar-refractivity contribution in [2.24, 2.45) is 0 Å². The number of aliphatic hydroxyl groups excluding tert-OH is 1. The third-order valence-corrected chi connectivity index (χ3v) is 3.34. The molecule has 1 aliphatic carbocycles. The Labute approximate surface area is 78.0 Å². The Hall–Kier alpha value is -0.650. The summed E-state index contributed by atoms with van der Waals surface area (Å²) in [6, 6.07) is 0. The van der Waals surface area contributed by atoms with Crippen LogP contribution in [0.5, 0.6) is 0 Å². The van der Waals surface area contributed by atoms with Gasteiger partial charge in [0.2, 0.25) is 10.0 Å². The summed E-state index contributed by atoms with van der Waals surface area (Å²) in [6.07, 6.45) is 6.54. The largest absolute Gasteiger partial charge is 0.395 e. The molecule has 0 fully saturated rings. The minimum atomic E-state index is -3.35. The van der Waals surface area contributed by atoms with E-state index in [4.69, 9.17) is 5.11 Å². The van der Waals surface area contributed by atoms with Crippen LogP contribution in [0.25, 0.3) is 0 Å². The lowest BCUT2D eigenvalue weighted by Gasteiger charge is -2.10. The molecule has 0 saturated heterocycles. The molecule has 4 nitrogen and oxygen atoms in total. The summed E-state index contributed by atoms with van der Waals surface area (Å²) in [5.41, 5.74) is 0. The summed E-state index contributed by atoms with van der Waals surface area (Å²) >= 11 is 0. The van der Waals surface area contributed by atoms with Gasteiger partial charge in [0.25, 0.3) is 0 Å². The molecule has 0 atom stereocenters. The minimum absolute atomic E-state index is 0.0728. The molecule has 1 rings (SSSR count). The number of nitrogens with one attached hydrogen (secondary N) is 1. The van der Waals surface area contributed by atoms with Gasteiger partial charge in [-0.1, -0.05) is 12.2 Å². The van der Waals surface area contributed by atoms with Crippen molar-refractivity contribution in [1.29, 1.82) is 0 Å². The average molecular weight is 203 g/mol. The van der Waals surface area contributed by atoms with E-state index in [2.05, 4.69) is 4.72 Å². The van der Waals surface area contributed by atoms with E-state index in [0.29, 0.717) is 11.3 Å². The number of allylic oxidation sites excluding steroid dienone is 4. The second-order valence-electron chi connectivity index (χ2n) is 2.72. The zero-order valence-corrected chi connectivity index (χ0v) is 8.05. The average Bonchev–Trinajstić information content (AvgIpc) is 2.16. The highest BCUT2D eigenvalue weighted by Crippen LogP contribution is 2.16. The summed E-state index contributed by atoms with van der Waals surface area (Å²) in [4.78, 5) is 0.392. The highest BCUT2D eigenvalue weighted by atomic mass is 32.2. The third-order valence-electron chi connectivity index (χ3n) is 1.72. The van der Waals surface area contributed by atoms with Crippen LogP contribution in [0, 0.1) is 0 Å². The first-order chi connectivity index (χ1) is 6.17. The summed E-state index contributed by atoms with van der Waals surface area (Å²) in [6.45, 7) is -0.105. The second kappa shape index (κ2) is 4.55. The Morgan fingerprint density at radius 3 is 2.85 bits per heavy atom. The van der Waals surface area contributed by atoms with Crippen LogP contribution >= 0.6 is 0 Å². The molecule has 0 unspecified atom stereocenters.